The van der Waals surface area contributed by atoms with E-state index in [0.717, 1.165) is 49.5 Å². The molecule has 0 spiro atoms. The van der Waals surface area contributed by atoms with Crippen molar-refractivity contribution in [2.75, 3.05) is 53.2 Å². The van der Waals surface area contributed by atoms with Crippen LogP contribution >= 0.6 is 0 Å². The van der Waals surface area contributed by atoms with Crippen LogP contribution in [0.3, 0.4) is 0 Å². The summed E-state index contributed by atoms with van der Waals surface area (Å²) in [5.41, 5.74) is 8.63. The molecule has 130 valence electrons. The number of nitrogens with zero attached hydrogens (tertiary/aromatic N) is 3. The van der Waals surface area contributed by atoms with Gasteiger partial charge in [0, 0.05) is 32.7 Å². The van der Waals surface area contributed by atoms with E-state index in [4.69, 9.17) is 19.7 Å². The first-order valence-electron chi connectivity index (χ1n) is 7.99. The fraction of sp³-hybridized carbons (Fsp3) is 0.471. The van der Waals surface area contributed by atoms with Crippen LogP contribution in [0.15, 0.2) is 22.7 Å². The van der Waals surface area contributed by atoms with E-state index in [1.165, 1.54) is 0 Å². The van der Waals surface area contributed by atoms with Crippen LogP contribution in [0.1, 0.15) is 5.69 Å². The molecule has 0 unspecified atom stereocenters. The largest absolute Gasteiger partial charge is 0.493 e. The van der Waals surface area contributed by atoms with Gasteiger partial charge >= 0.3 is 0 Å². The van der Waals surface area contributed by atoms with Crippen LogP contribution in [0.4, 0.5) is 5.88 Å². The third-order valence-electron chi connectivity index (χ3n) is 4.43. The number of rotatable bonds is 5. The Morgan fingerprint density at radius 3 is 2.50 bits per heavy atom. The molecule has 0 atom stereocenters. The van der Waals surface area contributed by atoms with Crippen molar-refractivity contribution >= 4 is 5.88 Å². The number of ether oxygens (including phenoxy) is 2. The Morgan fingerprint density at radius 1 is 1.12 bits per heavy atom. The van der Waals surface area contributed by atoms with Crippen LogP contribution in [0, 0.1) is 0 Å². The molecule has 2 aromatic rings. The summed E-state index contributed by atoms with van der Waals surface area (Å²) in [6.45, 7) is 4.85. The van der Waals surface area contributed by atoms with Gasteiger partial charge in [-0.2, -0.15) is 0 Å². The lowest BCUT2D eigenvalue weighted by Crippen LogP contribution is -2.44. The summed E-state index contributed by atoms with van der Waals surface area (Å²) in [6, 6.07) is 5.70. The van der Waals surface area contributed by atoms with E-state index < -0.39 is 0 Å². The van der Waals surface area contributed by atoms with Crippen molar-refractivity contribution in [2.45, 2.75) is 6.54 Å². The van der Waals surface area contributed by atoms with Gasteiger partial charge in [0.05, 0.1) is 19.8 Å². The Morgan fingerprint density at radius 2 is 1.83 bits per heavy atom. The van der Waals surface area contributed by atoms with E-state index in [1.807, 2.05) is 18.2 Å². The van der Waals surface area contributed by atoms with Gasteiger partial charge in [-0.05, 0) is 24.7 Å². The number of benzene rings is 1. The number of likely N-dealkylation sites (N-methyl/N-ethyl adjacent to an activating group) is 1. The molecule has 2 N–H and O–H groups in total. The molecule has 1 aliphatic heterocycles. The fourth-order valence-electron chi connectivity index (χ4n) is 2.96. The number of methoxy groups -OCH3 is 2. The molecular formula is C17H24N4O3. The van der Waals surface area contributed by atoms with Gasteiger partial charge in [-0.1, -0.05) is 11.2 Å². The number of hydrogen-bond acceptors (Lipinski definition) is 7. The third-order valence-corrected chi connectivity index (χ3v) is 4.43. The molecule has 24 heavy (non-hydrogen) atoms. The van der Waals surface area contributed by atoms with Crippen molar-refractivity contribution in [2.24, 2.45) is 0 Å². The highest BCUT2D eigenvalue weighted by Crippen LogP contribution is 2.36. The van der Waals surface area contributed by atoms with Crippen molar-refractivity contribution in [3.8, 4) is 22.6 Å². The van der Waals surface area contributed by atoms with Crippen molar-refractivity contribution in [1.29, 1.82) is 0 Å². The topological polar surface area (TPSA) is 77.0 Å². The molecule has 3 rings (SSSR count). The van der Waals surface area contributed by atoms with E-state index >= 15 is 0 Å². The summed E-state index contributed by atoms with van der Waals surface area (Å²) in [4.78, 5) is 4.68. The number of aromatic nitrogens is 1. The maximum absolute atomic E-state index is 6.03. The highest BCUT2D eigenvalue weighted by Gasteiger charge is 2.21. The lowest BCUT2D eigenvalue weighted by atomic mass is 10.0. The second kappa shape index (κ2) is 7.11. The molecule has 1 aromatic carbocycles. The Labute approximate surface area is 141 Å². The molecule has 7 nitrogen and oxygen atoms in total. The average Bonchev–Trinajstić information content (AvgIpc) is 2.96. The van der Waals surface area contributed by atoms with Gasteiger partial charge in [-0.15, -0.1) is 0 Å². The predicted molar refractivity (Wildman–Crippen MR) is 92.2 cm³/mol. The van der Waals surface area contributed by atoms with Crippen molar-refractivity contribution in [1.82, 2.24) is 15.0 Å². The molecular weight excluding hydrogens is 308 g/mol. The van der Waals surface area contributed by atoms with Gasteiger partial charge in [0.15, 0.2) is 11.5 Å². The van der Waals surface area contributed by atoms with Gasteiger partial charge in [0.1, 0.15) is 5.69 Å². The summed E-state index contributed by atoms with van der Waals surface area (Å²) >= 11 is 0. The van der Waals surface area contributed by atoms with E-state index in [2.05, 4.69) is 22.0 Å². The van der Waals surface area contributed by atoms with Crippen LogP contribution < -0.4 is 15.2 Å². The van der Waals surface area contributed by atoms with E-state index in [1.54, 1.807) is 14.2 Å². The minimum absolute atomic E-state index is 0.325. The minimum Gasteiger partial charge on any atom is -0.493 e. The molecule has 0 amide bonds. The third kappa shape index (κ3) is 3.32. The second-order valence-electron chi connectivity index (χ2n) is 6.02. The van der Waals surface area contributed by atoms with Crippen molar-refractivity contribution < 1.29 is 14.0 Å². The quantitative estimate of drug-likeness (QED) is 0.893. The monoisotopic (exact) mass is 332 g/mol. The molecule has 7 heteroatoms. The van der Waals surface area contributed by atoms with Crippen molar-refractivity contribution in [3.63, 3.8) is 0 Å². The Balaban J connectivity index is 1.87. The zero-order chi connectivity index (χ0) is 17.1. The van der Waals surface area contributed by atoms with Gasteiger partial charge in [-0.3, -0.25) is 4.90 Å². The first-order valence-corrected chi connectivity index (χ1v) is 7.99. The first-order chi connectivity index (χ1) is 11.6. The van der Waals surface area contributed by atoms with Crippen LogP contribution in [0.2, 0.25) is 0 Å². The predicted octanol–water partition coefficient (Wildman–Crippen LogP) is 1.69. The number of nitrogen functional groups attached to an aromatic ring is 1. The van der Waals surface area contributed by atoms with Gasteiger partial charge in [0.25, 0.3) is 0 Å². The number of anilines is 1. The SMILES string of the molecule is COc1ccc(-c2c(CN3CCN(C)CC3)noc2N)cc1OC. The minimum atomic E-state index is 0.325. The summed E-state index contributed by atoms with van der Waals surface area (Å²) in [5, 5.41) is 4.18. The first kappa shape index (κ1) is 16.6. The van der Waals surface area contributed by atoms with Crippen LogP contribution in [-0.2, 0) is 6.54 Å². The Kier molecular flexibility index (Phi) is 4.92. The van der Waals surface area contributed by atoms with Crippen LogP contribution in [0.5, 0.6) is 11.5 Å². The molecule has 1 aliphatic rings. The maximum Gasteiger partial charge on any atom is 0.230 e. The van der Waals surface area contributed by atoms with Gasteiger partial charge in [0.2, 0.25) is 5.88 Å². The number of nitrogens with two attached hydrogens (primary N) is 1. The van der Waals surface area contributed by atoms with E-state index in [9.17, 15) is 0 Å². The molecule has 0 bridgehead atoms. The smallest absolute Gasteiger partial charge is 0.230 e. The molecule has 1 fully saturated rings. The zero-order valence-electron chi connectivity index (χ0n) is 14.4. The zero-order valence-corrected chi connectivity index (χ0v) is 14.4. The second-order valence-corrected chi connectivity index (χ2v) is 6.02. The molecule has 1 aromatic heterocycles. The maximum atomic E-state index is 6.03. The van der Waals surface area contributed by atoms with Gasteiger partial charge in [-0.25, -0.2) is 0 Å². The summed E-state index contributed by atoms with van der Waals surface area (Å²) in [7, 11) is 5.37. The Hall–Kier alpha value is -2.25. The molecule has 1 saturated heterocycles. The summed E-state index contributed by atoms with van der Waals surface area (Å²) in [6.07, 6.45) is 0. The summed E-state index contributed by atoms with van der Waals surface area (Å²) < 4.78 is 15.9. The number of hydrogen-bond donors (Lipinski definition) is 1. The van der Waals surface area contributed by atoms with Crippen LogP contribution in [-0.4, -0.2) is 62.4 Å². The standard InChI is InChI=1S/C17H24N4O3/c1-20-6-8-21(9-7-20)11-13-16(17(18)24-19-13)12-4-5-14(22-2)15(10-12)23-3/h4-5,10H,6-9,11,18H2,1-3H3. The van der Waals surface area contributed by atoms with Crippen LogP contribution in [0.25, 0.3) is 11.1 Å². The molecule has 0 radical (unpaired) electrons. The lowest BCUT2D eigenvalue weighted by Gasteiger charge is -2.31. The lowest BCUT2D eigenvalue weighted by molar-refractivity contribution is 0.145. The average molecular weight is 332 g/mol. The fourth-order valence-corrected chi connectivity index (χ4v) is 2.96. The van der Waals surface area contributed by atoms with E-state index in [-0.39, 0.29) is 0 Å². The normalized spacial score (nSPS) is 16.3. The molecule has 0 saturated carbocycles. The molecule has 0 aliphatic carbocycles. The van der Waals surface area contributed by atoms with Gasteiger partial charge < -0.3 is 24.6 Å². The molecule has 2 heterocycles. The van der Waals surface area contributed by atoms with Crippen molar-refractivity contribution in [3.05, 3.63) is 23.9 Å². The highest BCUT2D eigenvalue weighted by atomic mass is 16.5. The summed E-state index contributed by atoms with van der Waals surface area (Å²) in [5.74, 6) is 1.66. The Bertz CT molecular complexity index is 693. The van der Waals surface area contributed by atoms with E-state index in [0.29, 0.717) is 17.4 Å². The highest BCUT2D eigenvalue weighted by molar-refractivity contribution is 5.76. The number of piperazine rings is 1.